The van der Waals surface area contributed by atoms with Crippen molar-refractivity contribution >= 4 is 6.41 Å². The van der Waals surface area contributed by atoms with E-state index in [0.29, 0.717) is 6.04 Å². The van der Waals surface area contributed by atoms with Gasteiger partial charge in [-0.25, -0.2) is 0 Å². The van der Waals surface area contributed by atoms with Crippen LogP contribution >= 0.6 is 0 Å². The van der Waals surface area contributed by atoms with Crippen LogP contribution in [0, 0.1) is 0 Å². The Morgan fingerprint density at radius 2 is 1.93 bits per heavy atom. The summed E-state index contributed by atoms with van der Waals surface area (Å²) in [7, 11) is 2.08. The minimum atomic E-state index is 0.385. The molecule has 15 heavy (non-hydrogen) atoms. The molecule has 88 valence electrons. The van der Waals surface area contributed by atoms with Crippen molar-refractivity contribution < 1.29 is 9.53 Å². The predicted octanol–water partition coefficient (Wildman–Crippen LogP) is 0.575. The van der Waals surface area contributed by atoms with E-state index in [-0.39, 0.29) is 0 Å². The molecular weight excluding hydrogens is 192 g/mol. The molecule has 2 aliphatic rings. The van der Waals surface area contributed by atoms with E-state index in [2.05, 4.69) is 18.9 Å². The van der Waals surface area contributed by atoms with E-state index in [0.717, 1.165) is 39.3 Å². The molecule has 1 atom stereocenters. The van der Waals surface area contributed by atoms with Crippen LogP contribution in [0.25, 0.3) is 0 Å². The summed E-state index contributed by atoms with van der Waals surface area (Å²) < 4.78 is 4.94. The average molecular weight is 214 g/mol. The van der Waals surface area contributed by atoms with E-state index in [1.807, 2.05) is 4.90 Å². The number of likely N-dealkylation sites (N-methyl/N-ethyl adjacent to an activating group) is 1. The first-order chi connectivity index (χ1) is 7.24. The maximum Gasteiger partial charge on any atom is 0.210 e. The zero-order chi connectivity index (χ0) is 11.1. The normalized spacial score (nSPS) is 27.1. The molecule has 2 rings (SSSR count). The largest absolute Gasteiger partial charge is 0.381 e. The lowest BCUT2D eigenvalue weighted by molar-refractivity contribution is -0.121. The minimum Gasteiger partial charge on any atom is -0.381 e. The third-order valence-electron chi connectivity index (χ3n) is 2.84. The summed E-state index contributed by atoms with van der Waals surface area (Å²) in [6.07, 6.45) is 3.50. The molecule has 0 spiro atoms. The van der Waals surface area contributed by atoms with Crippen molar-refractivity contribution in [2.24, 2.45) is 0 Å². The molecule has 4 nitrogen and oxygen atoms in total. The van der Waals surface area contributed by atoms with Crippen LogP contribution < -0.4 is 0 Å². The van der Waals surface area contributed by atoms with Gasteiger partial charge in [0, 0.05) is 38.9 Å². The Morgan fingerprint density at radius 1 is 1.27 bits per heavy atom. The van der Waals surface area contributed by atoms with Crippen LogP contribution in [0.4, 0.5) is 0 Å². The number of hydrogen-bond donors (Lipinski definition) is 0. The molecule has 2 saturated heterocycles. The van der Waals surface area contributed by atoms with E-state index in [9.17, 15) is 4.79 Å². The van der Waals surface area contributed by atoms with Gasteiger partial charge in [0.15, 0.2) is 0 Å². The summed E-state index contributed by atoms with van der Waals surface area (Å²) in [6, 6.07) is 0.385. The predicted molar refractivity (Wildman–Crippen MR) is 59.8 cm³/mol. The first kappa shape index (κ1) is 12.5. The van der Waals surface area contributed by atoms with Crippen molar-refractivity contribution in [1.82, 2.24) is 9.80 Å². The first-order valence-corrected chi connectivity index (χ1v) is 5.71. The summed E-state index contributed by atoms with van der Waals surface area (Å²) in [6.45, 7) is 6.95. The zero-order valence-electron chi connectivity index (χ0n) is 9.82. The van der Waals surface area contributed by atoms with Crippen molar-refractivity contribution in [3.05, 3.63) is 0 Å². The molecule has 0 saturated carbocycles. The van der Waals surface area contributed by atoms with Gasteiger partial charge in [0.05, 0.1) is 0 Å². The number of hydrogen-bond acceptors (Lipinski definition) is 3. The second-order valence-corrected chi connectivity index (χ2v) is 4.27. The van der Waals surface area contributed by atoms with E-state index in [1.165, 1.54) is 12.8 Å². The molecule has 0 aromatic rings. The molecule has 4 heteroatoms. The van der Waals surface area contributed by atoms with Crippen LogP contribution in [-0.4, -0.2) is 62.1 Å². The van der Waals surface area contributed by atoms with Gasteiger partial charge in [-0.15, -0.1) is 0 Å². The number of rotatable bonds is 1. The third-order valence-corrected chi connectivity index (χ3v) is 2.84. The molecule has 0 bridgehead atoms. The smallest absolute Gasteiger partial charge is 0.210 e. The fourth-order valence-corrected chi connectivity index (χ4v) is 1.82. The molecule has 2 heterocycles. The van der Waals surface area contributed by atoms with E-state index < -0.39 is 0 Å². The Labute approximate surface area is 92.2 Å². The Kier molecular flexibility index (Phi) is 5.65. The van der Waals surface area contributed by atoms with Gasteiger partial charge < -0.3 is 14.5 Å². The van der Waals surface area contributed by atoms with E-state index in [1.54, 1.807) is 0 Å². The quantitative estimate of drug-likeness (QED) is 0.598. The number of ether oxygens (including phenoxy) is 1. The van der Waals surface area contributed by atoms with Gasteiger partial charge in [-0.05, 0) is 26.8 Å². The highest BCUT2D eigenvalue weighted by Gasteiger charge is 2.18. The van der Waals surface area contributed by atoms with Gasteiger partial charge in [0.2, 0.25) is 6.41 Å². The van der Waals surface area contributed by atoms with Crippen molar-refractivity contribution in [1.29, 1.82) is 0 Å². The lowest BCUT2D eigenvalue weighted by Gasteiger charge is -2.35. The highest BCUT2D eigenvalue weighted by Crippen LogP contribution is 2.03. The molecule has 0 aromatic heterocycles. The summed E-state index contributed by atoms with van der Waals surface area (Å²) in [5.74, 6) is 0. The Hall–Kier alpha value is -0.610. The summed E-state index contributed by atoms with van der Waals surface area (Å²) in [4.78, 5) is 14.5. The molecule has 2 aliphatic heterocycles. The minimum absolute atomic E-state index is 0.385. The van der Waals surface area contributed by atoms with Crippen molar-refractivity contribution in [2.75, 3.05) is 39.9 Å². The van der Waals surface area contributed by atoms with Crippen LogP contribution in [0.5, 0.6) is 0 Å². The first-order valence-electron chi connectivity index (χ1n) is 5.71. The van der Waals surface area contributed by atoms with Gasteiger partial charge in [0.25, 0.3) is 0 Å². The molecule has 1 unspecified atom stereocenters. The average Bonchev–Trinajstić information content (AvgIpc) is 2.75. The molecule has 0 aromatic carbocycles. The Balaban J connectivity index is 0.000000187. The van der Waals surface area contributed by atoms with Crippen molar-refractivity contribution in [2.45, 2.75) is 25.8 Å². The standard InChI is InChI=1S/C7H14N2O.C4H8O/c1-7-5-8(2)3-4-9(7)6-10;1-2-4-5-3-1/h6-7H,3-5H2,1-2H3;1-4H2. The highest BCUT2D eigenvalue weighted by molar-refractivity contribution is 5.47. The van der Waals surface area contributed by atoms with Crippen LogP contribution in [0.1, 0.15) is 19.8 Å². The fraction of sp³-hybridized carbons (Fsp3) is 0.909. The van der Waals surface area contributed by atoms with E-state index >= 15 is 0 Å². The maximum atomic E-state index is 10.4. The molecule has 1 amide bonds. The van der Waals surface area contributed by atoms with Gasteiger partial charge >= 0.3 is 0 Å². The van der Waals surface area contributed by atoms with E-state index in [4.69, 9.17) is 4.74 Å². The van der Waals surface area contributed by atoms with Gasteiger partial charge in [-0.1, -0.05) is 0 Å². The monoisotopic (exact) mass is 214 g/mol. The van der Waals surface area contributed by atoms with Gasteiger partial charge in [-0.2, -0.15) is 0 Å². The van der Waals surface area contributed by atoms with Crippen molar-refractivity contribution in [3.63, 3.8) is 0 Å². The zero-order valence-corrected chi connectivity index (χ0v) is 9.82. The van der Waals surface area contributed by atoms with Crippen LogP contribution in [0.3, 0.4) is 0 Å². The van der Waals surface area contributed by atoms with Gasteiger partial charge in [-0.3, -0.25) is 4.79 Å². The van der Waals surface area contributed by atoms with Crippen LogP contribution in [0.15, 0.2) is 0 Å². The number of nitrogens with zero attached hydrogens (tertiary/aromatic N) is 2. The summed E-state index contributed by atoms with van der Waals surface area (Å²) in [5.41, 5.74) is 0. The number of piperazine rings is 1. The van der Waals surface area contributed by atoms with Gasteiger partial charge in [0.1, 0.15) is 0 Å². The molecule has 0 radical (unpaired) electrons. The summed E-state index contributed by atoms with van der Waals surface area (Å²) >= 11 is 0. The number of amides is 1. The second-order valence-electron chi connectivity index (χ2n) is 4.27. The molecule has 0 N–H and O–H groups in total. The summed E-state index contributed by atoms with van der Waals surface area (Å²) in [5, 5.41) is 0. The molecule has 2 fully saturated rings. The number of carbonyl (C=O) groups is 1. The molecule has 0 aliphatic carbocycles. The lowest BCUT2D eigenvalue weighted by Crippen LogP contribution is -2.49. The SMILES string of the molecule is C1CCOC1.CC1CN(C)CCN1C=O. The fourth-order valence-electron chi connectivity index (χ4n) is 1.82. The highest BCUT2D eigenvalue weighted by atomic mass is 16.5. The molecular formula is C11H22N2O2. The second kappa shape index (κ2) is 6.80. The number of carbonyl (C=O) groups excluding carboxylic acids is 1. The topological polar surface area (TPSA) is 32.8 Å². The maximum absolute atomic E-state index is 10.4. The Bertz CT molecular complexity index is 176. The Morgan fingerprint density at radius 3 is 2.33 bits per heavy atom. The van der Waals surface area contributed by atoms with Crippen LogP contribution in [0.2, 0.25) is 0 Å². The van der Waals surface area contributed by atoms with Crippen LogP contribution in [-0.2, 0) is 9.53 Å². The lowest BCUT2D eigenvalue weighted by atomic mass is 10.2. The third kappa shape index (κ3) is 4.62. The van der Waals surface area contributed by atoms with Crippen molar-refractivity contribution in [3.8, 4) is 0 Å².